The van der Waals surface area contributed by atoms with E-state index in [0.717, 1.165) is 25.9 Å². The molecule has 0 bridgehead atoms. The molecule has 2 heterocycles. The first-order chi connectivity index (χ1) is 7.31. The van der Waals surface area contributed by atoms with Gasteiger partial charge in [0, 0.05) is 13.1 Å². The highest BCUT2D eigenvalue weighted by Crippen LogP contribution is 2.20. The molecule has 0 saturated carbocycles. The number of rotatable bonds is 1. The number of anilines is 1. The molecule has 0 radical (unpaired) electrons. The molecule has 1 aromatic heterocycles. The Morgan fingerprint density at radius 3 is 2.67 bits per heavy atom. The van der Waals surface area contributed by atoms with Gasteiger partial charge in [-0.05, 0) is 31.4 Å². The third kappa shape index (κ3) is 2.10. The molecule has 1 saturated heterocycles. The molecular formula is C12H13FN2. The Hall–Kier alpha value is -1.56. The molecule has 78 valence electrons. The van der Waals surface area contributed by atoms with Crippen LogP contribution in [0.15, 0.2) is 12.1 Å². The fourth-order valence-corrected chi connectivity index (χ4v) is 1.84. The lowest BCUT2D eigenvalue weighted by molar-refractivity contribution is 0.549. The molecule has 0 aromatic carbocycles. The van der Waals surface area contributed by atoms with E-state index in [9.17, 15) is 4.39 Å². The fraction of sp³-hybridized carbons (Fsp3) is 0.417. The van der Waals surface area contributed by atoms with E-state index in [2.05, 4.69) is 10.9 Å². The van der Waals surface area contributed by atoms with Crippen molar-refractivity contribution >= 4 is 5.82 Å². The van der Waals surface area contributed by atoms with E-state index in [1.807, 2.05) is 4.90 Å². The topological polar surface area (TPSA) is 16.1 Å². The normalized spacial score (nSPS) is 16.1. The molecule has 2 rings (SSSR count). The molecule has 1 aliphatic rings. The third-order valence-electron chi connectivity index (χ3n) is 2.63. The Morgan fingerprint density at radius 2 is 2.00 bits per heavy atom. The molecule has 0 spiro atoms. The number of hydrogen-bond donors (Lipinski definition) is 0. The summed E-state index contributed by atoms with van der Waals surface area (Å²) in [5, 5.41) is 0. The first-order valence-electron chi connectivity index (χ1n) is 5.19. The van der Waals surface area contributed by atoms with E-state index < -0.39 is 0 Å². The van der Waals surface area contributed by atoms with Gasteiger partial charge in [0.1, 0.15) is 5.69 Å². The van der Waals surface area contributed by atoms with Crippen LogP contribution in [0.2, 0.25) is 0 Å². The Morgan fingerprint density at radius 1 is 1.27 bits per heavy atom. The molecule has 0 aliphatic carbocycles. The molecule has 0 N–H and O–H groups in total. The number of aromatic nitrogens is 1. The summed E-state index contributed by atoms with van der Waals surface area (Å²) in [7, 11) is 0. The van der Waals surface area contributed by atoms with E-state index in [-0.39, 0.29) is 5.82 Å². The molecule has 15 heavy (non-hydrogen) atoms. The number of pyridine rings is 1. The van der Waals surface area contributed by atoms with Gasteiger partial charge in [0.2, 0.25) is 0 Å². The van der Waals surface area contributed by atoms with Crippen LogP contribution < -0.4 is 4.90 Å². The molecule has 1 aromatic rings. The Balaban J connectivity index is 2.29. The highest BCUT2D eigenvalue weighted by Gasteiger charge is 2.16. The predicted molar refractivity (Wildman–Crippen MR) is 58.2 cm³/mol. The van der Waals surface area contributed by atoms with Crippen molar-refractivity contribution in [2.75, 3.05) is 18.0 Å². The lowest BCUT2D eigenvalue weighted by Crippen LogP contribution is -2.31. The zero-order valence-corrected chi connectivity index (χ0v) is 8.54. The van der Waals surface area contributed by atoms with Gasteiger partial charge in [-0.25, -0.2) is 9.37 Å². The second-order valence-electron chi connectivity index (χ2n) is 3.69. The smallest absolute Gasteiger partial charge is 0.166 e. The van der Waals surface area contributed by atoms with E-state index in [1.165, 1.54) is 18.6 Å². The van der Waals surface area contributed by atoms with Gasteiger partial charge in [0.25, 0.3) is 0 Å². The summed E-state index contributed by atoms with van der Waals surface area (Å²) in [6, 6.07) is 2.93. The average molecular weight is 204 g/mol. The predicted octanol–water partition coefficient (Wildman–Crippen LogP) is 2.19. The maximum atomic E-state index is 13.5. The van der Waals surface area contributed by atoms with Gasteiger partial charge < -0.3 is 4.90 Å². The summed E-state index contributed by atoms with van der Waals surface area (Å²) in [5.41, 5.74) is 0.497. The lowest BCUT2D eigenvalue weighted by atomic mass is 10.1. The quantitative estimate of drug-likeness (QED) is 0.652. The van der Waals surface area contributed by atoms with Crippen LogP contribution in [0, 0.1) is 18.2 Å². The highest BCUT2D eigenvalue weighted by atomic mass is 19.1. The summed E-state index contributed by atoms with van der Waals surface area (Å²) in [5.74, 6) is 2.56. The van der Waals surface area contributed by atoms with Gasteiger partial charge in [0.05, 0.1) is 0 Å². The molecule has 0 unspecified atom stereocenters. The van der Waals surface area contributed by atoms with Crippen LogP contribution in [0.3, 0.4) is 0 Å². The third-order valence-corrected chi connectivity index (χ3v) is 2.63. The minimum atomic E-state index is -0.282. The van der Waals surface area contributed by atoms with Crippen LogP contribution in [0.5, 0.6) is 0 Å². The van der Waals surface area contributed by atoms with E-state index >= 15 is 0 Å². The maximum Gasteiger partial charge on any atom is 0.166 e. The van der Waals surface area contributed by atoms with Gasteiger partial charge in [-0.2, -0.15) is 0 Å². The van der Waals surface area contributed by atoms with E-state index in [0.29, 0.717) is 11.5 Å². The molecule has 0 amide bonds. The molecule has 0 atom stereocenters. The van der Waals surface area contributed by atoms with Crippen molar-refractivity contribution in [1.29, 1.82) is 0 Å². The van der Waals surface area contributed by atoms with Gasteiger partial charge in [-0.3, -0.25) is 0 Å². The highest BCUT2D eigenvalue weighted by molar-refractivity contribution is 5.44. The van der Waals surface area contributed by atoms with Crippen molar-refractivity contribution < 1.29 is 4.39 Å². The van der Waals surface area contributed by atoms with Crippen molar-refractivity contribution in [2.45, 2.75) is 19.3 Å². The Kier molecular flexibility index (Phi) is 2.86. The van der Waals surface area contributed by atoms with Crippen molar-refractivity contribution in [1.82, 2.24) is 4.98 Å². The molecule has 1 fully saturated rings. The van der Waals surface area contributed by atoms with Crippen molar-refractivity contribution in [3.63, 3.8) is 0 Å². The molecule has 1 aliphatic heterocycles. The van der Waals surface area contributed by atoms with Crippen LogP contribution in [-0.4, -0.2) is 18.1 Å². The first kappa shape index (κ1) is 9.97. The lowest BCUT2D eigenvalue weighted by Gasteiger charge is -2.27. The van der Waals surface area contributed by atoms with Crippen LogP contribution in [0.1, 0.15) is 25.0 Å². The van der Waals surface area contributed by atoms with Crippen molar-refractivity contribution in [2.24, 2.45) is 0 Å². The van der Waals surface area contributed by atoms with Crippen molar-refractivity contribution in [3.8, 4) is 12.3 Å². The Bertz CT molecular complexity index is 389. The number of terminal acetylenes is 1. The van der Waals surface area contributed by atoms with Gasteiger partial charge in [-0.1, -0.05) is 5.92 Å². The minimum absolute atomic E-state index is 0.282. The van der Waals surface area contributed by atoms with E-state index in [4.69, 9.17) is 6.42 Å². The van der Waals surface area contributed by atoms with Crippen LogP contribution in [-0.2, 0) is 0 Å². The molecule has 3 heteroatoms. The fourth-order valence-electron chi connectivity index (χ4n) is 1.84. The van der Waals surface area contributed by atoms with Crippen molar-refractivity contribution in [3.05, 3.63) is 23.6 Å². The number of hydrogen-bond acceptors (Lipinski definition) is 2. The minimum Gasteiger partial charge on any atom is -0.354 e. The van der Waals surface area contributed by atoms with Crippen LogP contribution >= 0.6 is 0 Å². The monoisotopic (exact) mass is 204 g/mol. The van der Waals surface area contributed by atoms with Crippen LogP contribution in [0.4, 0.5) is 10.2 Å². The second-order valence-corrected chi connectivity index (χ2v) is 3.69. The van der Waals surface area contributed by atoms with Gasteiger partial charge >= 0.3 is 0 Å². The number of halogens is 1. The maximum absolute atomic E-state index is 13.5. The summed E-state index contributed by atoms with van der Waals surface area (Å²) in [6.45, 7) is 1.75. The largest absolute Gasteiger partial charge is 0.354 e. The summed E-state index contributed by atoms with van der Waals surface area (Å²) in [6.07, 6.45) is 8.66. The summed E-state index contributed by atoms with van der Waals surface area (Å²) >= 11 is 0. The number of piperidine rings is 1. The molecular weight excluding hydrogens is 191 g/mol. The number of nitrogens with zero attached hydrogens (tertiary/aromatic N) is 2. The average Bonchev–Trinajstić information content (AvgIpc) is 2.31. The zero-order valence-electron chi connectivity index (χ0n) is 8.54. The van der Waals surface area contributed by atoms with Gasteiger partial charge in [0.15, 0.2) is 11.6 Å². The summed E-state index contributed by atoms with van der Waals surface area (Å²) in [4.78, 5) is 6.10. The Labute approximate surface area is 89.1 Å². The standard InChI is InChI=1S/C12H13FN2/c1-2-10-6-7-11(13)12(14-10)15-8-4-3-5-9-15/h1,6-7H,3-5,8-9H2. The van der Waals surface area contributed by atoms with Crippen LogP contribution in [0.25, 0.3) is 0 Å². The first-order valence-corrected chi connectivity index (χ1v) is 5.19. The van der Waals surface area contributed by atoms with E-state index in [1.54, 1.807) is 0 Å². The zero-order chi connectivity index (χ0) is 10.7. The molecule has 2 nitrogen and oxygen atoms in total. The van der Waals surface area contributed by atoms with Gasteiger partial charge in [-0.15, -0.1) is 6.42 Å². The SMILES string of the molecule is C#Cc1ccc(F)c(N2CCCCC2)n1. The summed E-state index contributed by atoms with van der Waals surface area (Å²) < 4.78 is 13.5. The second kappa shape index (κ2) is 4.31.